The van der Waals surface area contributed by atoms with Crippen molar-refractivity contribution in [1.82, 2.24) is 25.4 Å². The van der Waals surface area contributed by atoms with Crippen molar-refractivity contribution in [3.63, 3.8) is 0 Å². The molecule has 1 heterocycles. The summed E-state index contributed by atoms with van der Waals surface area (Å²) in [7, 11) is 0. The van der Waals surface area contributed by atoms with Gasteiger partial charge in [0.25, 0.3) is 0 Å². The van der Waals surface area contributed by atoms with Crippen molar-refractivity contribution in [2.24, 2.45) is 4.99 Å². The summed E-state index contributed by atoms with van der Waals surface area (Å²) < 4.78 is 15.5. The van der Waals surface area contributed by atoms with E-state index in [4.69, 9.17) is 0 Å². The minimum Gasteiger partial charge on any atom is -0.357 e. The number of aliphatic imine (C=N–C) groups is 1. The molecule has 0 atom stereocenters. The van der Waals surface area contributed by atoms with E-state index in [0.29, 0.717) is 6.54 Å². The predicted octanol–water partition coefficient (Wildman–Crippen LogP) is 2.60. The van der Waals surface area contributed by atoms with Crippen LogP contribution in [-0.2, 0) is 25.3 Å². The molecule has 0 fully saturated rings. The molecule has 0 aliphatic rings. The Balaban J connectivity index is 1.98. The molecule has 2 N–H and O–H groups in total. The lowest BCUT2D eigenvalue weighted by Gasteiger charge is -2.13. The molecule has 0 radical (unpaired) electrons. The Bertz CT molecular complexity index is 715. The number of nitrogens with one attached hydrogen (secondary N) is 2. The highest BCUT2D eigenvalue weighted by Crippen LogP contribution is 2.17. The Labute approximate surface area is 158 Å². The average molecular weight is 379 g/mol. The number of guanidine groups is 1. The van der Waals surface area contributed by atoms with Gasteiger partial charge in [0, 0.05) is 31.8 Å². The lowest BCUT2D eigenvalue weighted by atomic mass is 10.1. The maximum absolute atomic E-state index is 13.5. The first kappa shape index (κ1) is 20.2. The van der Waals surface area contributed by atoms with Crippen LogP contribution in [0, 0.1) is 5.82 Å². The molecule has 0 aliphatic heterocycles. The lowest BCUT2D eigenvalue weighted by molar-refractivity contribution is 0.625. The number of thioether (sulfide) groups is 1. The van der Waals surface area contributed by atoms with E-state index in [9.17, 15) is 4.39 Å². The Morgan fingerprint density at radius 1 is 1.27 bits per heavy atom. The highest BCUT2D eigenvalue weighted by Gasteiger charge is 2.05. The molecule has 6 nitrogen and oxygen atoms in total. The molecule has 1 aromatic heterocycles. The summed E-state index contributed by atoms with van der Waals surface area (Å²) >= 11 is 1.68. The van der Waals surface area contributed by atoms with Gasteiger partial charge in [-0.15, -0.1) is 10.2 Å². The molecule has 0 bridgehead atoms. The number of hydrogen-bond acceptors (Lipinski definition) is 4. The zero-order valence-electron chi connectivity index (χ0n) is 15.6. The fourth-order valence-electron chi connectivity index (χ4n) is 2.58. The fourth-order valence-corrected chi connectivity index (χ4v) is 3.16. The summed E-state index contributed by atoms with van der Waals surface area (Å²) in [5, 5.41) is 14.6. The zero-order chi connectivity index (χ0) is 18.8. The van der Waals surface area contributed by atoms with Crippen molar-refractivity contribution in [2.75, 3.05) is 19.3 Å². The van der Waals surface area contributed by atoms with Gasteiger partial charge in [0.2, 0.25) is 0 Å². The molecular formula is C18H27FN6S. The van der Waals surface area contributed by atoms with Crippen molar-refractivity contribution in [3.8, 4) is 0 Å². The second kappa shape index (κ2) is 10.8. The average Bonchev–Trinajstić information content (AvgIpc) is 3.08. The van der Waals surface area contributed by atoms with Crippen molar-refractivity contribution in [3.05, 3.63) is 47.3 Å². The highest BCUT2D eigenvalue weighted by atomic mass is 32.2. The van der Waals surface area contributed by atoms with Crippen molar-refractivity contribution in [1.29, 1.82) is 0 Å². The zero-order valence-corrected chi connectivity index (χ0v) is 16.4. The van der Waals surface area contributed by atoms with Gasteiger partial charge in [-0.05, 0) is 36.4 Å². The number of nitrogens with zero attached hydrogens (tertiary/aromatic N) is 4. The summed E-state index contributed by atoms with van der Waals surface area (Å²) in [6.45, 7) is 6.88. The predicted molar refractivity (Wildman–Crippen MR) is 106 cm³/mol. The Kier molecular flexibility index (Phi) is 8.40. The number of hydrogen-bond donors (Lipinski definition) is 2. The summed E-state index contributed by atoms with van der Waals surface area (Å²) in [5.74, 6) is 2.30. The summed E-state index contributed by atoms with van der Waals surface area (Å²) in [6, 6.07) is 4.91. The fraction of sp³-hybridized carbons (Fsp3) is 0.500. The second-order valence-corrected chi connectivity index (χ2v) is 6.63. The Morgan fingerprint density at radius 2 is 2.12 bits per heavy atom. The number of benzene rings is 1. The minimum atomic E-state index is -0.201. The van der Waals surface area contributed by atoms with Crippen LogP contribution in [0.1, 0.15) is 30.8 Å². The molecule has 1 aromatic carbocycles. The van der Waals surface area contributed by atoms with Crippen LogP contribution in [0.4, 0.5) is 4.39 Å². The van der Waals surface area contributed by atoms with Gasteiger partial charge < -0.3 is 15.2 Å². The van der Waals surface area contributed by atoms with Crippen LogP contribution in [0.15, 0.2) is 29.5 Å². The Hall–Kier alpha value is -2.09. The van der Waals surface area contributed by atoms with Crippen LogP contribution in [0.25, 0.3) is 0 Å². The molecule has 8 heteroatoms. The highest BCUT2D eigenvalue weighted by molar-refractivity contribution is 7.97. The first-order valence-corrected chi connectivity index (χ1v) is 10.2. The van der Waals surface area contributed by atoms with Gasteiger partial charge in [-0.2, -0.15) is 11.8 Å². The van der Waals surface area contributed by atoms with Crippen LogP contribution < -0.4 is 10.6 Å². The van der Waals surface area contributed by atoms with E-state index < -0.39 is 0 Å². The third-order valence-electron chi connectivity index (χ3n) is 3.88. The van der Waals surface area contributed by atoms with E-state index in [1.165, 1.54) is 6.07 Å². The van der Waals surface area contributed by atoms with E-state index in [1.54, 1.807) is 24.2 Å². The molecule has 142 valence electrons. The second-order valence-electron chi connectivity index (χ2n) is 5.76. The molecule has 0 unspecified atom stereocenters. The van der Waals surface area contributed by atoms with Crippen molar-refractivity contribution < 1.29 is 4.39 Å². The minimum absolute atomic E-state index is 0.201. The van der Waals surface area contributed by atoms with Crippen LogP contribution in [0.5, 0.6) is 0 Å². The van der Waals surface area contributed by atoms with Crippen LogP contribution in [0.3, 0.4) is 0 Å². The number of aromatic nitrogens is 3. The van der Waals surface area contributed by atoms with Crippen molar-refractivity contribution >= 4 is 17.7 Å². The SMILES string of the molecule is CCNC(=NCc1ccc(F)cc1CSC)NCCn1cnnc1CC. The third-order valence-corrected chi connectivity index (χ3v) is 4.48. The van der Waals surface area contributed by atoms with E-state index in [0.717, 1.165) is 54.7 Å². The first-order chi connectivity index (χ1) is 12.7. The molecule has 0 amide bonds. The lowest BCUT2D eigenvalue weighted by Crippen LogP contribution is -2.39. The molecule has 2 rings (SSSR count). The van der Waals surface area contributed by atoms with Crippen LogP contribution in [0.2, 0.25) is 0 Å². The van der Waals surface area contributed by atoms with E-state index in [-0.39, 0.29) is 5.82 Å². The monoisotopic (exact) mass is 378 g/mol. The quantitative estimate of drug-likeness (QED) is 0.519. The molecule has 26 heavy (non-hydrogen) atoms. The van der Waals surface area contributed by atoms with Gasteiger partial charge in [-0.25, -0.2) is 9.38 Å². The van der Waals surface area contributed by atoms with Crippen LogP contribution in [-0.4, -0.2) is 40.1 Å². The maximum Gasteiger partial charge on any atom is 0.191 e. The van der Waals surface area contributed by atoms with E-state index in [2.05, 4.69) is 32.7 Å². The molecule has 0 aliphatic carbocycles. The number of rotatable bonds is 9. The standard InChI is InChI=1S/C18H27FN6S/c1-4-17-24-23-13-25(17)9-8-21-18(20-5-2)22-11-14-6-7-16(19)10-15(14)12-26-3/h6-7,10,13H,4-5,8-9,11-12H2,1-3H3,(H2,20,21,22). The van der Waals surface area contributed by atoms with Crippen LogP contribution >= 0.6 is 11.8 Å². The molecule has 2 aromatic rings. The first-order valence-electron chi connectivity index (χ1n) is 8.83. The van der Waals surface area contributed by atoms with Gasteiger partial charge >= 0.3 is 0 Å². The number of halogens is 1. The van der Waals surface area contributed by atoms with Gasteiger partial charge in [-0.3, -0.25) is 0 Å². The Morgan fingerprint density at radius 3 is 2.85 bits per heavy atom. The summed E-state index contributed by atoms with van der Waals surface area (Å²) in [6.07, 6.45) is 4.62. The smallest absolute Gasteiger partial charge is 0.191 e. The molecular weight excluding hydrogens is 351 g/mol. The largest absolute Gasteiger partial charge is 0.357 e. The third kappa shape index (κ3) is 6.01. The molecule has 0 spiro atoms. The molecule has 0 saturated carbocycles. The normalized spacial score (nSPS) is 11.6. The van der Waals surface area contributed by atoms with Crippen molar-refractivity contribution in [2.45, 2.75) is 39.1 Å². The maximum atomic E-state index is 13.5. The van der Waals surface area contributed by atoms with Gasteiger partial charge in [-0.1, -0.05) is 13.0 Å². The van der Waals surface area contributed by atoms with Gasteiger partial charge in [0.1, 0.15) is 18.0 Å². The molecule has 0 saturated heterocycles. The van der Waals surface area contributed by atoms with E-state index >= 15 is 0 Å². The number of aryl methyl sites for hydroxylation is 1. The summed E-state index contributed by atoms with van der Waals surface area (Å²) in [4.78, 5) is 4.64. The van der Waals surface area contributed by atoms with E-state index in [1.807, 2.05) is 23.8 Å². The van der Waals surface area contributed by atoms with Gasteiger partial charge in [0.15, 0.2) is 5.96 Å². The summed E-state index contributed by atoms with van der Waals surface area (Å²) in [5.41, 5.74) is 2.04. The topological polar surface area (TPSA) is 67.1 Å². The van der Waals surface area contributed by atoms with Gasteiger partial charge in [0.05, 0.1) is 6.54 Å².